The van der Waals surface area contributed by atoms with Crippen molar-refractivity contribution in [3.63, 3.8) is 0 Å². The highest BCUT2D eigenvalue weighted by molar-refractivity contribution is 7.91. The van der Waals surface area contributed by atoms with Gasteiger partial charge >= 0.3 is 0 Å². The number of thiophene rings is 1. The molecule has 20 heavy (non-hydrogen) atoms. The highest BCUT2D eigenvalue weighted by Crippen LogP contribution is 2.27. The molecule has 0 bridgehead atoms. The van der Waals surface area contributed by atoms with E-state index in [9.17, 15) is 8.42 Å². The van der Waals surface area contributed by atoms with Crippen molar-refractivity contribution in [1.82, 2.24) is 9.21 Å². The highest BCUT2D eigenvalue weighted by Gasteiger charge is 2.32. The van der Waals surface area contributed by atoms with Gasteiger partial charge in [0.15, 0.2) is 0 Å². The van der Waals surface area contributed by atoms with Crippen molar-refractivity contribution in [1.29, 1.82) is 0 Å². The molecule has 114 valence electrons. The molecule has 0 spiro atoms. The van der Waals surface area contributed by atoms with Crippen LogP contribution in [0.1, 0.15) is 18.7 Å². The number of hydrogen-bond acceptors (Lipinski definition) is 4. The van der Waals surface area contributed by atoms with Crippen LogP contribution in [0.5, 0.6) is 0 Å². The van der Waals surface area contributed by atoms with E-state index in [0.29, 0.717) is 23.2 Å². The predicted molar refractivity (Wildman–Crippen MR) is 84.2 cm³/mol. The zero-order chi connectivity index (χ0) is 14.8. The summed E-state index contributed by atoms with van der Waals surface area (Å²) in [5, 5.41) is 0. The van der Waals surface area contributed by atoms with Crippen LogP contribution in [0.25, 0.3) is 0 Å². The fourth-order valence-electron chi connectivity index (χ4n) is 2.50. The van der Waals surface area contributed by atoms with E-state index in [-0.39, 0.29) is 6.04 Å². The van der Waals surface area contributed by atoms with Crippen molar-refractivity contribution >= 4 is 33.0 Å². The molecule has 1 saturated heterocycles. The smallest absolute Gasteiger partial charge is 0.252 e. The Morgan fingerprint density at radius 3 is 2.75 bits per heavy atom. The number of hydrogen-bond donors (Lipinski definition) is 0. The van der Waals surface area contributed by atoms with Gasteiger partial charge < -0.3 is 0 Å². The zero-order valence-corrected chi connectivity index (χ0v) is 14.3. The van der Waals surface area contributed by atoms with Gasteiger partial charge in [0, 0.05) is 36.4 Å². The highest BCUT2D eigenvalue weighted by atomic mass is 35.5. The van der Waals surface area contributed by atoms with E-state index in [1.165, 1.54) is 11.3 Å². The molecule has 2 rings (SSSR count). The maximum absolute atomic E-state index is 12.6. The number of alkyl halides is 1. The molecule has 1 aliphatic heterocycles. The average molecular weight is 337 g/mol. The first-order chi connectivity index (χ1) is 9.48. The minimum Gasteiger partial charge on any atom is -0.298 e. The van der Waals surface area contributed by atoms with E-state index < -0.39 is 10.0 Å². The summed E-state index contributed by atoms with van der Waals surface area (Å²) < 4.78 is 27.3. The Morgan fingerprint density at radius 2 is 2.15 bits per heavy atom. The van der Waals surface area contributed by atoms with Crippen LogP contribution < -0.4 is 0 Å². The lowest BCUT2D eigenvalue weighted by Gasteiger charge is -2.38. The van der Waals surface area contributed by atoms with Gasteiger partial charge in [0.2, 0.25) is 0 Å². The first-order valence-corrected chi connectivity index (χ1v) is 9.67. The normalized spacial score (nSPS) is 22.2. The molecule has 4 nitrogen and oxygen atoms in total. The molecule has 0 amide bonds. The fourth-order valence-corrected chi connectivity index (χ4v) is 5.84. The third-order valence-electron chi connectivity index (χ3n) is 3.71. The summed E-state index contributed by atoms with van der Waals surface area (Å²) in [6.45, 7) is 7.10. The maximum atomic E-state index is 12.6. The summed E-state index contributed by atoms with van der Waals surface area (Å²) in [5.74, 6) is 0.520. The fraction of sp³-hybridized carbons (Fsp3) is 0.692. The van der Waals surface area contributed by atoms with Crippen LogP contribution in [-0.2, 0) is 16.4 Å². The van der Waals surface area contributed by atoms with Crippen LogP contribution in [0.3, 0.4) is 0 Å². The van der Waals surface area contributed by atoms with E-state index in [0.717, 1.165) is 24.4 Å². The lowest BCUT2D eigenvalue weighted by Crippen LogP contribution is -2.53. The molecular formula is C13H21ClN2O2S2. The second-order valence-electron chi connectivity index (χ2n) is 5.00. The van der Waals surface area contributed by atoms with Gasteiger partial charge in [0.1, 0.15) is 4.21 Å². The first kappa shape index (κ1) is 16.2. The number of halogens is 1. The Kier molecular flexibility index (Phi) is 5.48. The Hall–Kier alpha value is -0.140. The molecule has 1 aromatic heterocycles. The number of aryl methyl sites for hydroxylation is 1. The van der Waals surface area contributed by atoms with Crippen molar-refractivity contribution in [2.75, 3.05) is 32.1 Å². The topological polar surface area (TPSA) is 40.6 Å². The average Bonchev–Trinajstić information content (AvgIpc) is 2.88. The standard InChI is InChI=1S/C13H21ClN2O2S2/c1-3-15-8-9-16(10-11(15)2)20(17,18)13-5-4-12(19-13)6-7-14/h4-5,11H,3,6-10H2,1-2H3. The van der Waals surface area contributed by atoms with Crippen molar-refractivity contribution in [3.8, 4) is 0 Å². The van der Waals surface area contributed by atoms with Crippen LogP contribution in [-0.4, -0.2) is 55.7 Å². The van der Waals surface area contributed by atoms with Gasteiger partial charge in [-0.3, -0.25) is 4.90 Å². The van der Waals surface area contributed by atoms with Crippen LogP contribution >= 0.6 is 22.9 Å². The molecule has 1 atom stereocenters. The molecule has 0 aliphatic carbocycles. The van der Waals surface area contributed by atoms with Crippen LogP contribution in [0, 0.1) is 0 Å². The molecule has 1 aliphatic rings. The van der Waals surface area contributed by atoms with Crippen LogP contribution in [0.2, 0.25) is 0 Å². The van der Waals surface area contributed by atoms with Crippen molar-refractivity contribution < 1.29 is 8.42 Å². The largest absolute Gasteiger partial charge is 0.298 e. The minimum absolute atomic E-state index is 0.269. The van der Waals surface area contributed by atoms with Gasteiger partial charge in [-0.05, 0) is 32.0 Å². The van der Waals surface area contributed by atoms with Crippen LogP contribution in [0.4, 0.5) is 0 Å². The third-order valence-corrected chi connectivity index (χ3v) is 7.37. The van der Waals surface area contributed by atoms with Gasteiger partial charge in [-0.15, -0.1) is 22.9 Å². The number of nitrogens with zero attached hydrogens (tertiary/aromatic N) is 2. The Bertz CT molecular complexity index is 544. The van der Waals surface area contributed by atoms with E-state index in [2.05, 4.69) is 18.7 Å². The van der Waals surface area contributed by atoms with Gasteiger partial charge in [0.05, 0.1) is 0 Å². The maximum Gasteiger partial charge on any atom is 0.252 e. The Labute approximate surface area is 130 Å². The number of likely N-dealkylation sites (N-methyl/N-ethyl adjacent to an activating group) is 1. The Balaban J connectivity index is 2.14. The third kappa shape index (κ3) is 3.36. The first-order valence-electron chi connectivity index (χ1n) is 6.88. The molecule has 0 aromatic carbocycles. The van der Waals surface area contributed by atoms with Gasteiger partial charge in [-0.1, -0.05) is 6.92 Å². The zero-order valence-electron chi connectivity index (χ0n) is 11.9. The van der Waals surface area contributed by atoms with Crippen LogP contribution in [0.15, 0.2) is 16.3 Å². The summed E-state index contributed by atoms with van der Waals surface area (Å²) in [7, 11) is -3.34. The molecule has 0 radical (unpaired) electrons. The molecule has 0 N–H and O–H groups in total. The van der Waals surface area contributed by atoms with E-state index in [4.69, 9.17) is 11.6 Å². The number of piperazine rings is 1. The van der Waals surface area contributed by atoms with E-state index >= 15 is 0 Å². The molecular weight excluding hydrogens is 316 g/mol. The SMILES string of the molecule is CCN1CCN(S(=O)(=O)c2ccc(CCCl)s2)CC1C. The van der Waals surface area contributed by atoms with Gasteiger partial charge in [-0.25, -0.2) is 8.42 Å². The quantitative estimate of drug-likeness (QED) is 0.774. The molecule has 1 fully saturated rings. The second kappa shape index (κ2) is 6.75. The summed E-state index contributed by atoms with van der Waals surface area (Å²) in [6.07, 6.45) is 0.724. The van der Waals surface area contributed by atoms with E-state index in [1.807, 2.05) is 6.07 Å². The lowest BCUT2D eigenvalue weighted by molar-refractivity contribution is 0.136. The summed E-state index contributed by atoms with van der Waals surface area (Å²) in [5.41, 5.74) is 0. The molecule has 1 aromatic rings. The molecule has 2 heterocycles. The molecule has 0 saturated carbocycles. The summed E-state index contributed by atoms with van der Waals surface area (Å²) in [6, 6.07) is 3.84. The van der Waals surface area contributed by atoms with Gasteiger partial charge in [0.25, 0.3) is 10.0 Å². The number of rotatable bonds is 5. The Morgan fingerprint density at radius 1 is 1.40 bits per heavy atom. The van der Waals surface area contributed by atoms with Crippen molar-refractivity contribution in [2.24, 2.45) is 0 Å². The lowest BCUT2D eigenvalue weighted by atomic mass is 10.2. The number of sulfonamides is 1. The van der Waals surface area contributed by atoms with Crippen molar-refractivity contribution in [2.45, 2.75) is 30.5 Å². The summed E-state index contributed by atoms with van der Waals surface area (Å²) in [4.78, 5) is 3.33. The molecule has 1 unspecified atom stereocenters. The molecule has 7 heteroatoms. The monoisotopic (exact) mass is 336 g/mol. The van der Waals surface area contributed by atoms with E-state index in [1.54, 1.807) is 10.4 Å². The predicted octanol–water partition coefficient (Wildman–Crippen LogP) is 2.24. The van der Waals surface area contributed by atoms with Gasteiger partial charge in [-0.2, -0.15) is 4.31 Å². The summed E-state index contributed by atoms with van der Waals surface area (Å²) >= 11 is 7.04. The van der Waals surface area contributed by atoms with Crippen molar-refractivity contribution in [3.05, 3.63) is 17.0 Å². The minimum atomic E-state index is -3.34. The second-order valence-corrected chi connectivity index (χ2v) is 8.71.